The number of ether oxygens (including phenoxy) is 2. The Morgan fingerprint density at radius 3 is 2.55 bits per heavy atom. The van der Waals surface area contributed by atoms with Gasteiger partial charge in [-0.15, -0.1) is 0 Å². The lowest BCUT2D eigenvalue weighted by Gasteiger charge is -2.32. The zero-order valence-corrected chi connectivity index (χ0v) is 12.4. The number of benzene rings is 1. The highest BCUT2D eigenvalue weighted by Gasteiger charge is 2.21. The summed E-state index contributed by atoms with van der Waals surface area (Å²) in [6.07, 6.45) is 1.64. The Balaban J connectivity index is 1.88. The molecular weight excluding hydrogens is 254 g/mol. The van der Waals surface area contributed by atoms with Crippen molar-refractivity contribution in [1.82, 2.24) is 4.90 Å². The molecule has 112 valence electrons. The fourth-order valence-electron chi connectivity index (χ4n) is 2.61. The van der Waals surface area contributed by atoms with E-state index >= 15 is 0 Å². The van der Waals surface area contributed by atoms with E-state index in [2.05, 4.69) is 11.9 Å². The summed E-state index contributed by atoms with van der Waals surface area (Å²) >= 11 is 0. The summed E-state index contributed by atoms with van der Waals surface area (Å²) in [5, 5.41) is 10.3. The molecule has 1 unspecified atom stereocenters. The molecular formula is C16H25NO3. The summed E-state index contributed by atoms with van der Waals surface area (Å²) in [5.41, 5.74) is 0.937. The number of nitrogens with zero attached hydrogens (tertiary/aromatic N) is 1. The van der Waals surface area contributed by atoms with E-state index in [1.165, 1.54) is 0 Å². The third-order valence-electron chi connectivity index (χ3n) is 3.85. The third-order valence-corrected chi connectivity index (χ3v) is 3.85. The van der Waals surface area contributed by atoms with Crippen LogP contribution in [-0.4, -0.2) is 49.5 Å². The zero-order chi connectivity index (χ0) is 14.4. The monoisotopic (exact) mass is 279 g/mol. The second-order valence-electron chi connectivity index (χ2n) is 5.30. The van der Waals surface area contributed by atoms with Crippen molar-refractivity contribution in [2.24, 2.45) is 0 Å². The average Bonchev–Trinajstić information content (AvgIpc) is 2.49. The minimum absolute atomic E-state index is 0.460. The normalized spacial score (nSPS) is 18.2. The SMILES string of the molecule is CCOc1ccc(C(O)CN(C)C2CCOCC2)cc1. The molecule has 1 aliphatic heterocycles. The Kier molecular flexibility index (Phi) is 5.83. The van der Waals surface area contributed by atoms with Crippen LogP contribution in [0.25, 0.3) is 0 Å². The van der Waals surface area contributed by atoms with Crippen LogP contribution in [0.1, 0.15) is 31.4 Å². The zero-order valence-electron chi connectivity index (χ0n) is 12.4. The molecule has 20 heavy (non-hydrogen) atoms. The maximum atomic E-state index is 10.3. The van der Waals surface area contributed by atoms with Gasteiger partial charge >= 0.3 is 0 Å². The molecule has 0 aliphatic carbocycles. The second kappa shape index (κ2) is 7.62. The van der Waals surface area contributed by atoms with Crippen molar-refractivity contribution in [3.8, 4) is 5.75 Å². The van der Waals surface area contributed by atoms with Crippen LogP contribution >= 0.6 is 0 Å². The van der Waals surface area contributed by atoms with Crippen molar-refractivity contribution in [1.29, 1.82) is 0 Å². The quantitative estimate of drug-likeness (QED) is 0.867. The lowest BCUT2D eigenvalue weighted by Crippen LogP contribution is -2.38. The van der Waals surface area contributed by atoms with Gasteiger partial charge in [0, 0.05) is 25.8 Å². The molecule has 4 heteroatoms. The summed E-state index contributed by atoms with van der Waals surface area (Å²) in [7, 11) is 2.08. The summed E-state index contributed by atoms with van der Waals surface area (Å²) in [5.74, 6) is 0.848. The lowest BCUT2D eigenvalue weighted by molar-refractivity contribution is 0.0253. The standard InChI is InChI=1S/C16H25NO3/c1-3-20-15-6-4-13(5-7-15)16(18)12-17(2)14-8-10-19-11-9-14/h4-7,14,16,18H,3,8-12H2,1-2H3. The van der Waals surface area contributed by atoms with Gasteiger partial charge in [0.25, 0.3) is 0 Å². The highest BCUT2D eigenvalue weighted by atomic mass is 16.5. The molecule has 0 radical (unpaired) electrons. The smallest absolute Gasteiger partial charge is 0.119 e. The van der Waals surface area contributed by atoms with Crippen LogP contribution in [0, 0.1) is 0 Å². The summed E-state index contributed by atoms with van der Waals surface area (Å²) in [4.78, 5) is 2.24. The minimum atomic E-state index is -0.460. The van der Waals surface area contributed by atoms with Gasteiger partial charge < -0.3 is 19.5 Å². The molecule has 0 saturated carbocycles. The topological polar surface area (TPSA) is 41.9 Å². The molecule has 1 aromatic rings. The van der Waals surface area contributed by atoms with Crippen molar-refractivity contribution in [3.63, 3.8) is 0 Å². The third kappa shape index (κ3) is 4.20. The Bertz CT molecular complexity index is 387. The molecule has 0 spiro atoms. The number of hydrogen-bond donors (Lipinski definition) is 1. The molecule has 1 aromatic carbocycles. The van der Waals surface area contributed by atoms with Crippen LogP contribution in [0.2, 0.25) is 0 Å². The average molecular weight is 279 g/mol. The van der Waals surface area contributed by atoms with Gasteiger partial charge in [-0.3, -0.25) is 0 Å². The van der Waals surface area contributed by atoms with E-state index in [9.17, 15) is 5.11 Å². The van der Waals surface area contributed by atoms with Gasteiger partial charge in [0.15, 0.2) is 0 Å². The van der Waals surface area contributed by atoms with Gasteiger partial charge in [-0.05, 0) is 44.5 Å². The molecule has 1 N–H and O–H groups in total. The Morgan fingerprint density at radius 2 is 1.95 bits per heavy atom. The molecule has 2 rings (SSSR count). The molecule has 4 nitrogen and oxygen atoms in total. The first kappa shape index (κ1) is 15.3. The highest BCUT2D eigenvalue weighted by molar-refractivity contribution is 5.28. The predicted octanol–water partition coefficient (Wildman–Crippen LogP) is 2.23. The Hall–Kier alpha value is -1.10. The van der Waals surface area contributed by atoms with E-state index in [1.807, 2.05) is 31.2 Å². The van der Waals surface area contributed by atoms with Crippen molar-refractivity contribution in [2.45, 2.75) is 31.9 Å². The van der Waals surface area contributed by atoms with Crippen molar-refractivity contribution in [3.05, 3.63) is 29.8 Å². The maximum absolute atomic E-state index is 10.3. The Labute approximate surface area is 121 Å². The number of rotatable bonds is 6. The van der Waals surface area contributed by atoms with Crippen LogP contribution in [0.5, 0.6) is 5.75 Å². The van der Waals surface area contributed by atoms with Crippen molar-refractivity contribution < 1.29 is 14.6 Å². The minimum Gasteiger partial charge on any atom is -0.494 e. The van der Waals surface area contributed by atoms with E-state index in [0.29, 0.717) is 19.2 Å². The van der Waals surface area contributed by atoms with E-state index in [-0.39, 0.29) is 0 Å². The fraction of sp³-hybridized carbons (Fsp3) is 0.625. The van der Waals surface area contributed by atoms with Gasteiger partial charge in [-0.2, -0.15) is 0 Å². The molecule has 0 amide bonds. The Morgan fingerprint density at radius 1 is 1.30 bits per heavy atom. The van der Waals surface area contributed by atoms with E-state index in [4.69, 9.17) is 9.47 Å². The predicted molar refractivity (Wildman–Crippen MR) is 79.0 cm³/mol. The first-order chi connectivity index (χ1) is 9.70. The summed E-state index contributed by atoms with van der Waals surface area (Å²) in [6, 6.07) is 8.22. The highest BCUT2D eigenvalue weighted by Crippen LogP contribution is 2.21. The molecule has 1 saturated heterocycles. The van der Waals surface area contributed by atoms with Crippen LogP contribution in [0.3, 0.4) is 0 Å². The van der Waals surface area contributed by atoms with Crippen LogP contribution in [0.15, 0.2) is 24.3 Å². The maximum Gasteiger partial charge on any atom is 0.119 e. The van der Waals surface area contributed by atoms with Gasteiger partial charge in [0.05, 0.1) is 12.7 Å². The molecule has 1 fully saturated rings. The van der Waals surface area contributed by atoms with Crippen molar-refractivity contribution in [2.75, 3.05) is 33.4 Å². The number of aliphatic hydroxyl groups excluding tert-OH is 1. The first-order valence-electron chi connectivity index (χ1n) is 7.39. The van der Waals surface area contributed by atoms with Gasteiger partial charge in [-0.1, -0.05) is 12.1 Å². The summed E-state index contributed by atoms with van der Waals surface area (Å²) in [6.45, 7) is 4.93. The largest absolute Gasteiger partial charge is 0.494 e. The summed E-state index contributed by atoms with van der Waals surface area (Å²) < 4.78 is 10.8. The van der Waals surface area contributed by atoms with Crippen LogP contribution < -0.4 is 4.74 Å². The van der Waals surface area contributed by atoms with Crippen molar-refractivity contribution >= 4 is 0 Å². The van der Waals surface area contributed by atoms with Gasteiger partial charge in [0.2, 0.25) is 0 Å². The lowest BCUT2D eigenvalue weighted by atomic mass is 10.0. The first-order valence-corrected chi connectivity index (χ1v) is 7.39. The second-order valence-corrected chi connectivity index (χ2v) is 5.30. The van der Waals surface area contributed by atoms with Crippen LogP contribution in [0.4, 0.5) is 0 Å². The molecule has 0 bridgehead atoms. The van der Waals surface area contributed by atoms with E-state index in [1.54, 1.807) is 0 Å². The molecule has 1 aliphatic rings. The number of aliphatic hydroxyl groups is 1. The van der Waals surface area contributed by atoms with Crippen LogP contribution in [-0.2, 0) is 4.74 Å². The molecule has 1 atom stereocenters. The van der Waals surface area contributed by atoms with E-state index < -0.39 is 6.10 Å². The fourth-order valence-corrected chi connectivity index (χ4v) is 2.61. The van der Waals surface area contributed by atoms with Gasteiger partial charge in [0.1, 0.15) is 5.75 Å². The molecule has 1 heterocycles. The number of hydrogen-bond acceptors (Lipinski definition) is 4. The number of likely N-dealkylation sites (N-methyl/N-ethyl adjacent to an activating group) is 1. The van der Waals surface area contributed by atoms with E-state index in [0.717, 1.165) is 37.4 Å². The van der Waals surface area contributed by atoms with Gasteiger partial charge in [-0.25, -0.2) is 0 Å². The molecule has 0 aromatic heterocycles.